The van der Waals surface area contributed by atoms with Gasteiger partial charge in [0.2, 0.25) is 0 Å². The van der Waals surface area contributed by atoms with Gasteiger partial charge in [0, 0.05) is 24.8 Å². The molecular formula is C16H25NO2. The van der Waals surface area contributed by atoms with Crippen molar-refractivity contribution in [3.05, 3.63) is 29.3 Å². The third-order valence-corrected chi connectivity index (χ3v) is 3.62. The van der Waals surface area contributed by atoms with Crippen molar-refractivity contribution in [2.24, 2.45) is 5.92 Å². The van der Waals surface area contributed by atoms with Gasteiger partial charge in [-0.25, -0.2) is 0 Å². The van der Waals surface area contributed by atoms with Gasteiger partial charge in [0.25, 0.3) is 0 Å². The van der Waals surface area contributed by atoms with Gasteiger partial charge in [-0.05, 0) is 57.2 Å². The number of nitrogens with one attached hydrogen (secondary N) is 1. The molecule has 19 heavy (non-hydrogen) atoms. The highest BCUT2D eigenvalue weighted by Crippen LogP contribution is 2.28. The molecule has 1 aromatic rings. The van der Waals surface area contributed by atoms with Crippen LogP contribution in [0, 0.1) is 12.8 Å². The zero-order chi connectivity index (χ0) is 13.7. The maximum absolute atomic E-state index is 9.91. The van der Waals surface area contributed by atoms with Gasteiger partial charge in [0.05, 0.1) is 0 Å². The molecular weight excluding hydrogens is 238 g/mol. The molecule has 106 valence electrons. The second-order valence-corrected chi connectivity index (χ2v) is 5.61. The van der Waals surface area contributed by atoms with E-state index < -0.39 is 0 Å². The number of hydrogen-bond donors (Lipinski definition) is 2. The maximum atomic E-state index is 9.91. The number of rotatable bonds is 8. The summed E-state index contributed by atoms with van der Waals surface area (Å²) < 4.78 is 5.60. The van der Waals surface area contributed by atoms with E-state index >= 15 is 0 Å². The van der Waals surface area contributed by atoms with E-state index in [0.717, 1.165) is 43.2 Å². The molecule has 1 fully saturated rings. The van der Waals surface area contributed by atoms with Crippen molar-refractivity contribution < 1.29 is 9.84 Å². The number of hydrogen-bond acceptors (Lipinski definition) is 3. The minimum absolute atomic E-state index is 0.170. The summed E-state index contributed by atoms with van der Waals surface area (Å²) in [5.74, 6) is 1.22. The van der Waals surface area contributed by atoms with E-state index in [-0.39, 0.29) is 6.04 Å². The van der Waals surface area contributed by atoms with Crippen LogP contribution >= 0.6 is 0 Å². The summed E-state index contributed by atoms with van der Waals surface area (Å²) in [7, 11) is 0. The van der Waals surface area contributed by atoms with Crippen molar-refractivity contribution in [1.29, 1.82) is 0 Å². The average Bonchev–Trinajstić information content (AvgIpc) is 3.17. The minimum atomic E-state index is 0.170. The Labute approximate surface area is 116 Å². The van der Waals surface area contributed by atoms with Crippen LogP contribution in [-0.2, 0) is 4.74 Å². The Balaban J connectivity index is 1.63. The summed E-state index contributed by atoms with van der Waals surface area (Å²) in [6.45, 7) is 6.75. The monoisotopic (exact) mass is 263 g/mol. The lowest BCUT2D eigenvalue weighted by Crippen LogP contribution is -2.21. The first kappa shape index (κ1) is 14.4. The summed E-state index contributed by atoms with van der Waals surface area (Å²) in [5, 5.41) is 13.3. The number of phenolic OH excluding ortho intramolecular Hbond substituents is 1. The molecule has 0 radical (unpaired) electrons. The SMILES string of the molecule is Cc1ccc(C(C)NCCCOCC2CC2)c(O)c1. The first-order valence-corrected chi connectivity index (χ1v) is 7.27. The number of ether oxygens (including phenoxy) is 1. The van der Waals surface area contributed by atoms with E-state index in [1.807, 2.05) is 25.1 Å². The quantitative estimate of drug-likeness (QED) is 0.708. The zero-order valence-electron chi connectivity index (χ0n) is 12.0. The Hall–Kier alpha value is -1.06. The van der Waals surface area contributed by atoms with Gasteiger partial charge in [-0.15, -0.1) is 0 Å². The van der Waals surface area contributed by atoms with Gasteiger partial charge in [-0.3, -0.25) is 0 Å². The minimum Gasteiger partial charge on any atom is -0.508 e. The molecule has 3 nitrogen and oxygen atoms in total. The molecule has 0 spiro atoms. The van der Waals surface area contributed by atoms with Crippen LogP contribution in [0.25, 0.3) is 0 Å². The van der Waals surface area contributed by atoms with Crippen LogP contribution in [0.4, 0.5) is 0 Å². The molecule has 2 rings (SSSR count). The number of phenols is 1. The van der Waals surface area contributed by atoms with Crippen LogP contribution in [-0.4, -0.2) is 24.9 Å². The standard InChI is InChI=1S/C16H25NO2/c1-12-4-7-15(16(18)10-12)13(2)17-8-3-9-19-11-14-5-6-14/h4,7,10,13-14,17-18H,3,5-6,8-9,11H2,1-2H3. The van der Waals surface area contributed by atoms with Crippen molar-refractivity contribution in [1.82, 2.24) is 5.32 Å². The Bertz CT molecular complexity index is 402. The van der Waals surface area contributed by atoms with E-state index in [1.54, 1.807) is 0 Å². The number of aromatic hydroxyl groups is 1. The topological polar surface area (TPSA) is 41.5 Å². The van der Waals surface area contributed by atoms with Crippen molar-refractivity contribution in [3.8, 4) is 5.75 Å². The Kier molecular flexibility index (Phi) is 5.23. The van der Waals surface area contributed by atoms with Crippen LogP contribution in [0.3, 0.4) is 0 Å². The summed E-state index contributed by atoms with van der Waals surface area (Å²) in [4.78, 5) is 0. The highest BCUT2D eigenvalue weighted by atomic mass is 16.5. The molecule has 1 aliphatic carbocycles. The molecule has 1 aromatic carbocycles. The van der Waals surface area contributed by atoms with Gasteiger partial charge < -0.3 is 15.2 Å². The second-order valence-electron chi connectivity index (χ2n) is 5.61. The fraction of sp³-hybridized carbons (Fsp3) is 0.625. The molecule has 1 aliphatic rings. The lowest BCUT2D eigenvalue weighted by molar-refractivity contribution is 0.121. The van der Waals surface area contributed by atoms with Gasteiger partial charge in [-0.2, -0.15) is 0 Å². The van der Waals surface area contributed by atoms with E-state index in [9.17, 15) is 5.11 Å². The summed E-state index contributed by atoms with van der Waals surface area (Å²) >= 11 is 0. The normalized spacial score (nSPS) is 16.5. The first-order valence-electron chi connectivity index (χ1n) is 7.27. The zero-order valence-corrected chi connectivity index (χ0v) is 12.0. The Morgan fingerprint density at radius 3 is 2.89 bits per heavy atom. The van der Waals surface area contributed by atoms with E-state index in [0.29, 0.717) is 5.75 Å². The molecule has 0 aliphatic heterocycles. The number of benzene rings is 1. The van der Waals surface area contributed by atoms with Gasteiger partial charge in [0.1, 0.15) is 5.75 Å². The predicted molar refractivity (Wildman–Crippen MR) is 77.4 cm³/mol. The van der Waals surface area contributed by atoms with Gasteiger partial charge in [-0.1, -0.05) is 12.1 Å². The first-order chi connectivity index (χ1) is 9.16. The predicted octanol–water partition coefficient (Wildman–Crippen LogP) is 3.17. The highest BCUT2D eigenvalue weighted by molar-refractivity contribution is 5.37. The lowest BCUT2D eigenvalue weighted by atomic mass is 10.1. The van der Waals surface area contributed by atoms with Gasteiger partial charge >= 0.3 is 0 Å². The van der Waals surface area contributed by atoms with Crippen molar-refractivity contribution in [3.63, 3.8) is 0 Å². The van der Waals surface area contributed by atoms with Crippen LogP contribution in [0.15, 0.2) is 18.2 Å². The molecule has 0 aromatic heterocycles. The molecule has 0 heterocycles. The summed E-state index contributed by atoms with van der Waals surface area (Å²) in [6, 6.07) is 6.01. The van der Waals surface area contributed by atoms with Crippen LogP contribution in [0.1, 0.15) is 43.4 Å². The third kappa shape index (κ3) is 4.84. The van der Waals surface area contributed by atoms with Gasteiger partial charge in [0.15, 0.2) is 0 Å². The Morgan fingerprint density at radius 2 is 2.21 bits per heavy atom. The van der Waals surface area contributed by atoms with Crippen LogP contribution in [0.5, 0.6) is 5.75 Å². The highest BCUT2D eigenvalue weighted by Gasteiger charge is 2.20. The van der Waals surface area contributed by atoms with E-state index in [2.05, 4.69) is 12.2 Å². The summed E-state index contributed by atoms with van der Waals surface area (Å²) in [6.07, 6.45) is 3.72. The molecule has 1 atom stereocenters. The van der Waals surface area contributed by atoms with Crippen molar-refractivity contribution >= 4 is 0 Å². The molecule has 0 saturated heterocycles. The van der Waals surface area contributed by atoms with Crippen molar-refractivity contribution in [2.75, 3.05) is 19.8 Å². The summed E-state index contributed by atoms with van der Waals surface area (Å²) in [5.41, 5.74) is 2.05. The molecule has 1 saturated carbocycles. The lowest BCUT2D eigenvalue weighted by Gasteiger charge is -2.16. The largest absolute Gasteiger partial charge is 0.508 e. The molecule has 0 bridgehead atoms. The molecule has 2 N–H and O–H groups in total. The maximum Gasteiger partial charge on any atom is 0.120 e. The van der Waals surface area contributed by atoms with E-state index in [1.165, 1.54) is 12.8 Å². The smallest absolute Gasteiger partial charge is 0.120 e. The Morgan fingerprint density at radius 1 is 1.42 bits per heavy atom. The van der Waals surface area contributed by atoms with Crippen molar-refractivity contribution in [2.45, 2.75) is 39.2 Å². The molecule has 1 unspecified atom stereocenters. The second kappa shape index (κ2) is 6.92. The average molecular weight is 263 g/mol. The molecule has 3 heteroatoms. The number of aryl methyl sites for hydroxylation is 1. The third-order valence-electron chi connectivity index (χ3n) is 3.62. The van der Waals surface area contributed by atoms with Crippen LogP contribution in [0.2, 0.25) is 0 Å². The fourth-order valence-corrected chi connectivity index (χ4v) is 2.16. The molecule has 0 amide bonds. The van der Waals surface area contributed by atoms with E-state index in [4.69, 9.17) is 4.74 Å². The fourth-order valence-electron chi connectivity index (χ4n) is 2.16. The van der Waals surface area contributed by atoms with Crippen LogP contribution < -0.4 is 5.32 Å².